The van der Waals surface area contributed by atoms with Crippen LogP contribution in [0.25, 0.3) is 0 Å². The topological polar surface area (TPSA) is 49.9 Å². The molecule has 0 atom stereocenters. The van der Waals surface area contributed by atoms with Crippen molar-refractivity contribution < 1.29 is 13.2 Å². The second-order valence-electron chi connectivity index (χ2n) is 5.98. The Bertz CT molecular complexity index is 818. The molecule has 1 fully saturated rings. The highest BCUT2D eigenvalue weighted by molar-refractivity contribution is 7.89. The van der Waals surface area contributed by atoms with E-state index in [1.807, 2.05) is 24.3 Å². The maximum Gasteiger partial charge on any atom is 0.243 e. The lowest BCUT2D eigenvalue weighted by atomic mass is 10.2. The largest absolute Gasteiger partial charge is 0.378 e. The van der Waals surface area contributed by atoms with Crippen LogP contribution in [0.3, 0.4) is 0 Å². The van der Waals surface area contributed by atoms with Crippen molar-refractivity contribution in [2.45, 2.75) is 11.4 Å². The van der Waals surface area contributed by atoms with Crippen LogP contribution in [-0.2, 0) is 21.3 Å². The molecule has 5 nitrogen and oxygen atoms in total. The van der Waals surface area contributed by atoms with Crippen LogP contribution < -0.4 is 4.90 Å². The van der Waals surface area contributed by atoms with E-state index in [-0.39, 0.29) is 4.90 Å². The summed E-state index contributed by atoms with van der Waals surface area (Å²) in [5.41, 5.74) is 2.07. The van der Waals surface area contributed by atoms with E-state index in [1.54, 1.807) is 25.2 Å². The van der Waals surface area contributed by atoms with Gasteiger partial charge in [-0.3, -0.25) is 0 Å². The second kappa shape index (κ2) is 7.74. The standard InChI is InChI=1S/C18H21ClN2O3S/c1-20(25(22,23)18-4-2-3-16(19)13-18)14-15-5-7-17(8-6-15)21-9-11-24-12-10-21/h2-8,13H,9-12,14H2,1H3. The number of hydrogen-bond acceptors (Lipinski definition) is 4. The molecule has 0 aliphatic carbocycles. The number of morpholine rings is 1. The van der Waals surface area contributed by atoms with Crippen LogP contribution in [0.2, 0.25) is 5.02 Å². The molecular weight excluding hydrogens is 360 g/mol. The van der Waals surface area contributed by atoms with Gasteiger partial charge >= 0.3 is 0 Å². The zero-order chi connectivity index (χ0) is 17.9. The fraction of sp³-hybridized carbons (Fsp3) is 0.333. The van der Waals surface area contributed by atoms with E-state index in [4.69, 9.17) is 16.3 Å². The highest BCUT2D eigenvalue weighted by atomic mass is 35.5. The monoisotopic (exact) mass is 380 g/mol. The van der Waals surface area contributed by atoms with Gasteiger partial charge in [-0.25, -0.2) is 8.42 Å². The normalized spacial score (nSPS) is 15.6. The molecule has 0 saturated carbocycles. The Kier molecular flexibility index (Phi) is 5.64. The summed E-state index contributed by atoms with van der Waals surface area (Å²) in [6.07, 6.45) is 0. The van der Waals surface area contributed by atoms with E-state index < -0.39 is 10.0 Å². The van der Waals surface area contributed by atoms with Gasteiger partial charge in [0.2, 0.25) is 10.0 Å². The zero-order valence-corrected chi connectivity index (χ0v) is 15.6. The molecule has 0 radical (unpaired) electrons. The molecule has 1 aliphatic rings. The van der Waals surface area contributed by atoms with E-state index in [0.29, 0.717) is 11.6 Å². The molecule has 0 aromatic heterocycles. The third-order valence-electron chi connectivity index (χ3n) is 4.22. The van der Waals surface area contributed by atoms with Crippen LogP contribution >= 0.6 is 11.6 Å². The molecule has 25 heavy (non-hydrogen) atoms. The fourth-order valence-corrected chi connectivity index (χ4v) is 4.24. The third kappa shape index (κ3) is 4.33. The molecule has 0 N–H and O–H groups in total. The summed E-state index contributed by atoms with van der Waals surface area (Å²) in [7, 11) is -1.99. The number of hydrogen-bond donors (Lipinski definition) is 0. The minimum absolute atomic E-state index is 0.201. The molecular formula is C18H21ClN2O3S. The van der Waals surface area contributed by atoms with Gasteiger partial charge in [-0.2, -0.15) is 4.31 Å². The quantitative estimate of drug-likeness (QED) is 0.800. The summed E-state index contributed by atoms with van der Waals surface area (Å²) in [4.78, 5) is 2.46. The number of benzene rings is 2. The van der Waals surface area contributed by atoms with Crippen LogP contribution in [0, 0.1) is 0 Å². The van der Waals surface area contributed by atoms with E-state index in [9.17, 15) is 8.42 Å². The first-order valence-electron chi connectivity index (χ1n) is 8.10. The van der Waals surface area contributed by atoms with Crippen molar-refractivity contribution in [3.63, 3.8) is 0 Å². The molecule has 3 rings (SSSR count). The van der Waals surface area contributed by atoms with Gasteiger partial charge in [-0.15, -0.1) is 0 Å². The average molecular weight is 381 g/mol. The highest BCUT2D eigenvalue weighted by Gasteiger charge is 2.21. The lowest BCUT2D eigenvalue weighted by Crippen LogP contribution is -2.36. The molecule has 0 bridgehead atoms. The van der Waals surface area contributed by atoms with Crippen molar-refractivity contribution in [2.75, 3.05) is 38.3 Å². The van der Waals surface area contributed by atoms with Crippen molar-refractivity contribution in [3.8, 4) is 0 Å². The predicted molar refractivity (Wildman–Crippen MR) is 99.6 cm³/mol. The molecule has 1 aliphatic heterocycles. The Hall–Kier alpha value is -1.60. The molecule has 2 aromatic carbocycles. The Morgan fingerprint density at radius 1 is 1.12 bits per heavy atom. The van der Waals surface area contributed by atoms with E-state index >= 15 is 0 Å². The van der Waals surface area contributed by atoms with E-state index in [2.05, 4.69) is 4.90 Å². The van der Waals surface area contributed by atoms with Crippen molar-refractivity contribution in [1.82, 2.24) is 4.31 Å². The van der Waals surface area contributed by atoms with Crippen molar-refractivity contribution in [2.24, 2.45) is 0 Å². The first-order valence-corrected chi connectivity index (χ1v) is 9.92. The summed E-state index contributed by atoms with van der Waals surface area (Å²) in [5, 5.41) is 0.407. The zero-order valence-electron chi connectivity index (χ0n) is 14.1. The Morgan fingerprint density at radius 2 is 1.80 bits per heavy atom. The maximum absolute atomic E-state index is 12.6. The van der Waals surface area contributed by atoms with Crippen molar-refractivity contribution in [1.29, 1.82) is 0 Å². The molecule has 0 amide bonds. The van der Waals surface area contributed by atoms with Crippen LogP contribution in [0.5, 0.6) is 0 Å². The van der Waals surface area contributed by atoms with Crippen LogP contribution in [-0.4, -0.2) is 46.1 Å². The van der Waals surface area contributed by atoms with E-state index in [0.717, 1.165) is 37.6 Å². The molecule has 0 spiro atoms. The number of rotatable bonds is 5. The minimum atomic E-state index is -3.57. The van der Waals surface area contributed by atoms with Gasteiger partial charge in [0.25, 0.3) is 0 Å². The first kappa shape index (κ1) is 18.2. The van der Waals surface area contributed by atoms with Gasteiger partial charge in [0, 0.05) is 37.4 Å². The van der Waals surface area contributed by atoms with E-state index in [1.165, 1.54) is 10.4 Å². The van der Waals surface area contributed by atoms with Gasteiger partial charge in [0.05, 0.1) is 18.1 Å². The van der Waals surface area contributed by atoms with Gasteiger partial charge in [0.1, 0.15) is 0 Å². The SMILES string of the molecule is CN(Cc1ccc(N2CCOCC2)cc1)S(=O)(=O)c1cccc(Cl)c1. The number of halogens is 1. The molecule has 2 aromatic rings. The summed E-state index contributed by atoms with van der Waals surface area (Å²) < 4.78 is 32.0. The lowest BCUT2D eigenvalue weighted by molar-refractivity contribution is 0.122. The Balaban J connectivity index is 1.71. The average Bonchev–Trinajstić information content (AvgIpc) is 2.63. The molecule has 0 unspecified atom stereocenters. The van der Waals surface area contributed by atoms with Crippen LogP contribution in [0.4, 0.5) is 5.69 Å². The number of sulfonamides is 1. The third-order valence-corrected chi connectivity index (χ3v) is 6.26. The summed E-state index contributed by atoms with van der Waals surface area (Å²) >= 11 is 5.91. The van der Waals surface area contributed by atoms with Crippen LogP contribution in [0.1, 0.15) is 5.56 Å². The maximum atomic E-state index is 12.6. The van der Waals surface area contributed by atoms with Gasteiger partial charge in [0.15, 0.2) is 0 Å². The highest BCUT2D eigenvalue weighted by Crippen LogP contribution is 2.22. The molecule has 7 heteroatoms. The second-order valence-corrected chi connectivity index (χ2v) is 8.47. The number of anilines is 1. The summed E-state index contributed by atoms with van der Waals surface area (Å²) in [6.45, 7) is 3.54. The van der Waals surface area contributed by atoms with Gasteiger partial charge < -0.3 is 9.64 Å². The lowest BCUT2D eigenvalue weighted by Gasteiger charge is -2.29. The smallest absolute Gasteiger partial charge is 0.243 e. The van der Waals surface area contributed by atoms with Crippen molar-refractivity contribution in [3.05, 3.63) is 59.1 Å². The van der Waals surface area contributed by atoms with Gasteiger partial charge in [-0.05, 0) is 35.9 Å². The number of nitrogens with zero attached hydrogens (tertiary/aromatic N) is 2. The summed E-state index contributed by atoms with van der Waals surface area (Å²) in [6, 6.07) is 14.3. The van der Waals surface area contributed by atoms with Crippen molar-refractivity contribution >= 4 is 27.3 Å². The first-order chi connectivity index (χ1) is 12.0. The Labute approximate surface area is 153 Å². The number of ether oxygens (including phenoxy) is 1. The Morgan fingerprint density at radius 3 is 2.44 bits per heavy atom. The minimum Gasteiger partial charge on any atom is -0.378 e. The molecule has 1 saturated heterocycles. The van der Waals surface area contributed by atoms with Gasteiger partial charge in [-0.1, -0.05) is 29.8 Å². The van der Waals surface area contributed by atoms with Crippen LogP contribution in [0.15, 0.2) is 53.4 Å². The fourth-order valence-electron chi connectivity index (χ4n) is 2.78. The summed E-state index contributed by atoms with van der Waals surface area (Å²) in [5.74, 6) is 0. The predicted octanol–water partition coefficient (Wildman–Crippen LogP) is 3.00. The molecule has 1 heterocycles. The molecule has 134 valence electrons.